The highest BCUT2D eigenvalue weighted by molar-refractivity contribution is 5.89. The summed E-state index contributed by atoms with van der Waals surface area (Å²) in [7, 11) is 0. The van der Waals surface area contributed by atoms with E-state index in [0.29, 0.717) is 5.56 Å². The first-order valence-electron chi connectivity index (χ1n) is 5.40. The summed E-state index contributed by atoms with van der Waals surface area (Å²) in [6, 6.07) is 12.5. The van der Waals surface area contributed by atoms with Crippen LogP contribution in [0.1, 0.15) is 15.9 Å². The monoisotopic (exact) mass is 244 g/mol. The average molecular weight is 244 g/mol. The molecule has 0 fully saturated rings. The van der Waals surface area contributed by atoms with Crippen LogP contribution in [0.3, 0.4) is 0 Å². The summed E-state index contributed by atoms with van der Waals surface area (Å²) in [6.45, 7) is -0.0127. The van der Waals surface area contributed by atoms with Crippen LogP contribution in [-0.4, -0.2) is 16.2 Å². The molecule has 92 valence electrons. The first kappa shape index (κ1) is 12.0. The molecule has 0 heterocycles. The zero-order valence-electron chi connectivity index (χ0n) is 9.54. The van der Waals surface area contributed by atoms with Crippen molar-refractivity contribution in [2.75, 3.05) is 0 Å². The van der Waals surface area contributed by atoms with E-state index in [0.717, 1.165) is 0 Å². The van der Waals surface area contributed by atoms with Crippen molar-refractivity contribution in [2.24, 2.45) is 0 Å². The minimum absolute atomic E-state index is 0.00649. The molecule has 2 N–H and O–H groups in total. The Morgan fingerprint density at radius 2 is 1.83 bits per heavy atom. The van der Waals surface area contributed by atoms with Gasteiger partial charge in [-0.15, -0.1) is 0 Å². The fraction of sp³-hybridized carbons (Fsp3) is 0.0714. The van der Waals surface area contributed by atoms with Crippen molar-refractivity contribution in [3.05, 3.63) is 59.7 Å². The van der Waals surface area contributed by atoms with E-state index in [1.54, 1.807) is 30.3 Å². The number of phenols is 2. The lowest BCUT2D eigenvalue weighted by atomic mass is 10.2. The van der Waals surface area contributed by atoms with Crippen LogP contribution in [0.15, 0.2) is 48.5 Å². The highest BCUT2D eigenvalue weighted by atomic mass is 16.5. The first-order valence-corrected chi connectivity index (χ1v) is 5.40. The summed E-state index contributed by atoms with van der Waals surface area (Å²) < 4.78 is 5.04. The minimum Gasteiger partial charge on any atom is -0.508 e. The maximum absolute atomic E-state index is 11.7. The van der Waals surface area contributed by atoms with Crippen LogP contribution in [0.4, 0.5) is 0 Å². The summed E-state index contributed by atoms with van der Waals surface area (Å²) in [5, 5.41) is 18.8. The summed E-state index contributed by atoms with van der Waals surface area (Å²) in [4.78, 5) is 11.7. The second kappa shape index (κ2) is 5.23. The Labute approximate surface area is 104 Å². The van der Waals surface area contributed by atoms with Crippen molar-refractivity contribution in [1.82, 2.24) is 0 Å². The molecule has 4 nitrogen and oxygen atoms in total. The first-order chi connectivity index (χ1) is 8.66. The van der Waals surface area contributed by atoms with Crippen molar-refractivity contribution in [2.45, 2.75) is 6.61 Å². The fourth-order valence-corrected chi connectivity index (χ4v) is 1.49. The zero-order chi connectivity index (χ0) is 13.0. The number of esters is 1. The molecule has 4 heteroatoms. The molecule has 0 radical (unpaired) electrons. The molecule has 0 spiro atoms. The third-order valence-electron chi connectivity index (χ3n) is 2.43. The number of benzene rings is 2. The van der Waals surface area contributed by atoms with E-state index < -0.39 is 5.97 Å². The lowest BCUT2D eigenvalue weighted by molar-refractivity contribution is 0.0470. The number of carbonyl (C=O) groups is 1. The Hall–Kier alpha value is -2.49. The van der Waals surface area contributed by atoms with Crippen LogP contribution in [0.25, 0.3) is 0 Å². The normalized spacial score (nSPS) is 10.0. The molecule has 2 aromatic rings. The zero-order valence-corrected chi connectivity index (χ0v) is 9.54. The van der Waals surface area contributed by atoms with Gasteiger partial charge in [-0.25, -0.2) is 4.79 Å². The summed E-state index contributed by atoms with van der Waals surface area (Å²) in [6.07, 6.45) is 0. The van der Waals surface area contributed by atoms with Gasteiger partial charge >= 0.3 is 5.97 Å². The van der Waals surface area contributed by atoms with E-state index in [1.165, 1.54) is 18.2 Å². The predicted octanol–water partition coefficient (Wildman–Crippen LogP) is 2.45. The second-order valence-electron chi connectivity index (χ2n) is 3.76. The number of ether oxygens (including phenoxy) is 1. The van der Waals surface area contributed by atoms with Crippen molar-refractivity contribution in [1.29, 1.82) is 0 Å². The van der Waals surface area contributed by atoms with Gasteiger partial charge in [0.25, 0.3) is 0 Å². The van der Waals surface area contributed by atoms with Gasteiger partial charge in [0.05, 0.1) is 5.56 Å². The number of hydrogen-bond acceptors (Lipinski definition) is 4. The van der Waals surface area contributed by atoms with E-state index >= 15 is 0 Å². The molecule has 0 aliphatic heterocycles. The summed E-state index contributed by atoms with van der Waals surface area (Å²) in [5.41, 5.74) is 0.802. The second-order valence-corrected chi connectivity index (χ2v) is 3.76. The number of rotatable bonds is 3. The Balaban J connectivity index is 2.03. The fourth-order valence-electron chi connectivity index (χ4n) is 1.49. The van der Waals surface area contributed by atoms with Gasteiger partial charge in [0.1, 0.15) is 18.1 Å². The highest BCUT2D eigenvalue weighted by Gasteiger charge is 2.09. The molecular formula is C14H12O4. The summed E-state index contributed by atoms with van der Waals surface area (Å²) in [5.74, 6) is -0.456. The third-order valence-corrected chi connectivity index (χ3v) is 2.43. The van der Waals surface area contributed by atoms with Gasteiger partial charge in [0.2, 0.25) is 0 Å². The smallest absolute Gasteiger partial charge is 0.338 e. The molecular weight excluding hydrogens is 232 g/mol. The summed E-state index contributed by atoms with van der Waals surface area (Å²) >= 11 is 0. The van der Waals surface area contributed by atoms with Crippen LogP contribution in [0.5, 0.6) is 11.5 Å². The molecule has 0 saturated carbocycles. The number of phenolic OH excluding ortho intramolecular Hbond substituents is 2. The lowest BCUT2D eigenvalue weighted by Crippen LogP contribution is -2.05. The maximum atomic E-state index is 11.7. The van der Waals surface area contributed by atoms with E-state index in [9.17, 15) is 15.0 Å². The molecule has 0 unspecified atom stereocenters. The van der Waals surface area contributed by atoms with Gasteiger partial charge in [0, 0.05) is 5.56 Å². The Kier molecular flexibility index (Phi) is 3.48. The number of para-hydroxylation sites is 1. The van der Waals surface area contributed by atoms with E-state index in [2.05, 4.69) is 0 Å². The Morgan fingerprint density at radius 1 is 1.06 bits per heavy atom. The molecule has 2 rings (SSSR count). The third kappa shape index (κ3) is 2.79. The SMILES string of the molecule is O=C(OCc1ccccc1O)c1cccc(O)c1. The van der Waals surface area contributed by atoms with Gasteiger partial charge in [-0.2, -0.15) is 0 Å². The Morgan fingerprint density at radius 3 is 2.56 bits per heavy atom. The molecule has 0 amide bonds. The number of carbonyl (C=O) groups excluding carboxylic acids is 1. The van der Waals surface area contributed by atoms with Crippen molar-refractivity contribution in [3.8, 4) is 11.5 Å². The highest BCUT2D eigenvalue weighted by Crippen LogP contribution is 2.18. The molecule has 0 aliphatic carbocycles. The van der Waals surface area contributed by atoms with Crippen molar-refractivity contribution >= 4 is 5.97 Å². The molecule has 0 aromatic heterocycles. The topological polar surface area (TPSA) is 66.8 Å². The minimum atomic E-state index is -0.547. The lowest BCUT2D eigenvalue weighted by Gasteiger charge is -2.06. The molecule has 0 aliphatic rings. The quantitative estimate of drug-likeness (QED) is 0.814. The van der Waals surface area contributed by atoms with Crippen molar-refractivity contribution < 1.29 is 19.7 Å². The molecule has 18 heavy (non-hydrogen) atoms. The van der Waals surface area contributed by atoms with Gasteiger partial charge in [-0.3, -0.25) is 0 Å². The van der Waals surface area contributed by atoms with Crippen LogP contribution in [0.2, 0.25) is 0 Å². The molecule has 0 bridgehead atoms. The largest absolute Gasteiger partial charge is 0.508 e. The predicted molar refractivity (Wildman–Crippen MR) is 65.3 cm³/mol. The van der Waals surface area contributed by atoms with Gasteiger partial charge < -0.3 is 14.9 Å². The number of hydrogen-bond donors (Lipinski definition) is 2. The number of aromatic hydroxyl groups is 2. The molecule has 0 saturated heterocycles. The van der Waals surface area contributed by atoms with E-state index in [4.69, 9.17) is 4.74 Å². The van der Waals surface area contributed by atoms with Crippen LogP contribution >= 0.6 is 0 Å². The Bertz CT molecular complexity index is 563. The van der Waals surface area contributed by atoms with Gasteiger partial charge in [-0.1, -0.05) is 24.3 Å². The van der Waals surface area contributed by atoms with Crippen molar-refractivity contribution in [3.63, 3.8) is 0 Å². The maximum Gasteiger partial charge on any atom is 0.338 e. The van der Waals surface area contributed by atoms with Gasteiger partial charge in [-0.05, 0) is 24.3 Å². The van der Waals surface area contributed by atoms with Gasteiger partial charge in [0.15, 0.2) is 0 Å². The molecule has 0 atom stereocenters. The van der Waals surface area contributed by atoms with E-state index in [1.807, 2.05) is 0 Å². The van der Waals surface area contributed by atoms with Crippen LogP contribution in [0, 0.1) is 0 Å². The van der Waals surface area contributed by atoms with Crippen LogP contribution in [-0.2, 0) is 11.3 Å². The van der Waals surface area contributed by atoms with Crippen LogP contribution < -0.4 is 0 Å². The molecule has 2 aromatic carbocycles. The average Bonchev–Trinajstić information content (AvgIpc) is 2.37. The standard InChI is InChI=1S/C14H12O4/c15-12-6-3-5-10(8-12)14(17)18-9-11-4-1-2-7-13(11)16/h1-8,15-16H,9H2. The van der Waals surface area contributed by atoms with E-state index in [-0.39, 0.29) is 23.7 Å².